The highest BCUT2D eigenvalue weighted by molar-refractivity contribution is 6.35. The minimum absolute atomic E-state index is 0.475. The summed E-state index contributed by atoms with van der Waals surface area (Å²) in [4.78, 5) is 0. The van der Waals surface area contributed by atoms with Crippen LogP contribution in [0.5, 0.6) is 0 Å². The molecule has 3 aromatic carbocycles. The number of benzene rings is 3. The lowest BCUT2D eigenvalue weighted by Gasteiger charge is -2.05. The topological polar surface area (TPSA) is 38.9 Å². The Labute approximate surface area is 154 Å². The van der Waals surface area contributed by atoms with Crippen molar-refractivity contribution in [1.29, 1.82) is 0 Å². The lowest BCUT2D eigenvalue weighted by Crippen LogP contribution is -1.82. The molecule has 0 saturated heterocycles. The highest BCUT2D eigenvalue weighted by Gasteiger charge is 2.11. The molecule has 0 atom stereocenters. The van der Waals surface area contributed by atoms with Crippen LogP contribution in [0.25, 0.3) is 34.0 Å². The van der Waals surface area contributed by atoms with Crippen LogP contribution in [-0.4, -0.2) is 10.2 Å². The summed E-state index contributed by atoms with van der Waals surface area (Å²) < 4.78 is 5.77. The minimum Gasteiger partial charge on any atom is -0.416 e. The van der Waals surface area contributed by atoms with Gasteiger partial charge in [0.1, 0.15) is 0 Å². The third-order valence-electron chi connectivity index (χ3n) is 3.82. The summed E-state index contributed by atoms with van der Waals surface area (Å²) >= 11 is 12.3. The standard InChI is InChI=1S/C20H12Cl2N2O/c21-16-10-11-18(22)17(12-16)13-6-8-15(9-7-13)20-24-23-19(25-20)14-4-2-1-3-5-14/h1-12H. The maximum Gasteiger partial charge on any atom is 0.248 e. The van der Waals surface area contributed by atoms with Gasteiger partial charge in [0.25, 0.3) is 0 Å². The lowest BCUT2D eigenvalue weighted by molar-refractivity contribution is 0.584. The van der Waals surface area contributed by atoms with Crippen molar-refractivity contribution in [3.05, 3.63) is 82.8 Å². The van der Waals surface area contributed by atoms with E-state index in [0.29, 0.717) is 21.8 Å². The van der Waals surface area contributed by atoms with E-state index < -0.39 is 0 Å². The van der Waals surface area contributed by atoms with Gasteiger partial charge in [-0.2, -0.15) is 0 Å². The molecule has 5 heteroatoms. The van der Waals surface area contributed by atoms with E-state index in [1.165, 1.54) is 0 Å². The molecule has 0 unspecified atom stereocenters. The molecule has 0 aliphatic carbocycles. The Kier molecular flexibility index (Phi) is 4.26. The lowest BCUT2D eigenvalue weighted by atomic mass is 10.0. The van der Waals surface area contributed by atoms with E-state index in [2.05, 4.69) is 10.2 Å². The van der Waals surface area contributed by atoms with Crippen molar-refractivity contribution < 1.29 is 4.42 Å². The van der Waals surface area contributed by atoms with Crippen LogP contribution < -0.4 is 0 Å². The van der Waals surface area contributed by atoms with E-state index in [1.54, 1.807) is 12.1 Å². The van der Waals surface area contributed by atoms with Crippen LogP contribution in [-0.2, 0) is 0 Å². The largest absolute Gasteiger partial charge is 0.416 e. The first-order valence-electron chi connectivity index (χ1n) is 7.65. The molecule has 0 amide bonds. The van der Waals surface area contributed by atoms with Crippen LogP contribution in [0.3, 0.4) is 0 Å². The molecule has 0 fully saturated rings. The Morgan fingerprint density at radius 2 is 1.24 bits per heavy atom. The van der Waals surface area contributed by atoms with E-state index in [-0.39, 0.29) is 0 Å². The van der Waals surface area contributed by atoms with Crippen molar-refractivity contribution in [2.45, 2.75) is 0 Å². The molecule has 0 saturated carbocycles. The SMILES string of the molecule is Clc1ccc(Cl)c(-c2ccc(-c3nnc(-c4ccccc4)o3)cc2)c1. The zero-order chi connectivity index (χ0) is 17.2. The van der Waals surface area contributed by atoms with Crippen LogP contribution in [0.4, 0.5) is 0 Å². The fourth-order valence-electron chi connectivity index (χ4n) is 2.55. The summed E-state index contributed by atoms with van der Waals surface area (Å²) in [5.74, 6) is 0.972. The van der Waals surface area contributed by atoms with E-state index in [4.69, 9.17) is 27.6 Å². The van der Waals surface area contributed by atoms with Gasteiger partial charge in [0.15, 0.2) is 0 Å². The summed E-state index contributed by atoms with van der Waals surface area (Å²) in [5, 5.41) is 9.55. The molecule has 0 aliphatic heterocycles. The van der Waals surface area contributed by atoms with Gasteiger partial charge in [-0.15, -0.1) is 10.2 Å². The second-order valence-corrected chi connectivity index (χ2v) is 6.32. The molecule has 122 valence electrons. The summed E-state index contributed by atoms with van der Waals surface area (Å²) in [6.07, 6.45) is 0. The van der Waals surface area contributed by atoms with Gasteiger partial charge < -0.3 is 4.42 Å². The Bertz CT molecular complexity index is 1010. The van der Waals surface area contributed by atoms with E-state index in [9.17, 15) is 0 Å². The number of hydrogen-bond donors (Lipinski definition) is 0. The van der Waals surface area contributed by atoms with Crippen molar-refractivity contribution in [2.24, 2.45) is 0 Å². The summed E-state index contributed by atoms with van der Waals surface area (Å²) in [6, 6.07) is 22.8. The van der Waals surface area contributed by atoms with Crippen molar-refractivity contribution in [3.8, 4) is 34.0 Å². The van der Waals surface area contributed by atoms with E-state index in [0.717, 1.165) is 22.3 Å². The molecule has 1 aromatic heterocycles. The van der Waals surface area contributed by atoms with E-state index >= 15 is 0 Å². The molecule has 0 bridgehead atoms. The maximum absolute atomic E-state index is 6.26. The van der Waals surface area contributed by atoms with Crippen molar-refractivity contribution >= 4 is 23.2 Å². The quantitative estimate of drug-likeness (QED) is 0.422. The van der Waals surface area contributed by atoms with Gasteiger partial charge >= 0.3 is 0 Å². The van der Waals surface area contributed by atoms with Crippen LogP contribution in [0.2, 0.25) is 10.0 Å². The van der Waals surface area contributed by atoms with Crippen LogP contribution in [0.1, 0.15) is 0 Å². The van der Waals surface area contributed by atoms with Crippen molar-refractivity contribution in [2.75, 3.05) is 0 Å². The second-order valence-electron chi connectivity index (χ2n) is 5.48. The smallest absolute Gasteiger partial charge is 0.248 e. The molecule has 1 heterocycles. The van der Waals surface area contributed by atoms with Crippen molar-refractivity contribution in [3.63, 3.8) is 0 Å². The fourth-order valence-corrected chi connectivity index (χ4v) is 2.95. The molecule has 4 aromatic rings. The molecule has 4 rings (SSSR count). The fraction of sp³-hybridized carbons (Fsp3) is 0. The zero-order valence-electron chi connectivity index (χ0n) is 13.0. The summed E-state index contributed by atoms with van der Waals surface area (Å²) in [5.41, 5.74) is 3.59. The number of aromatic nitrogens is 2. The first-order chi connectivity index (χ1) is 12.2. The molecule has 0 radical (unpaired) electrons. The third kappa shape index (κ3) is 3.29. The predicted octanol–water partition coefficient (Wildman–Crippen LogP) is 6.38. The molecule has 0 spiro atoms. The first-order valence-corrected chi connectivity index (χ1v) is 8.41. The zero-order valence-corrected chi connectivity index (χ0v) is 14.5. The highest BCUT2D eigenvalue weighted by atomic mass is 35.5. The molecular weight excluding hydrogens is 355 g/mol. The van der Waals surface area contributed by atoms with Crippen LogP contribution in [0.15, 0.2) is 77.2 Å². The number of halogens is 2. The average Bonchev–Trinajstić information content (AvgIpc) is 3.15. The number of rotatable bonds is 3. The van der Waals surface area contributed by atoms with Gasteiger partial charge in [0.05, 0.1) is 0 Å². The Balaban J connectivity index is 1.65. The van der Waals surface area contributed by atoms with Gasteiger partial charge in [-0.25, -0.2) is 0 Å². The highest BCUT2D eigenvalue weighted by Crippen LogP contribution is 2.32. The predicted molar refractivity (Wildman–Crippen MR) is 101 cm³/mol. The molecular formula is C20H12Cl2N2O. The van der Waals surface area contributed by atoms with Crippen LogP contribution in [0, 0.1) is 0 Å². The summed E-state index contributed by atoms with van der Waals surface area (Å²) in [7, 11) is 0. The second kappa shape index (κ2) is 6.71. The van der Waals surface area contributed by atoms with E-state index in [1.807, 2.05) is 60.7 Å². The number of nitrogens with zero attached hydrogens (tertiary/aromatic N) is 2. The van der Waals surface area contributed by atoms with Gasteiger partial charge in [0.2, 0.25) is 11.8 Å². The Hall–Kier alpha value is -2.62. The van der Waals surface area contributed by atoms with Crippen molar-refractivity contribution in [1.82, 2.24) is 10.2 Å². The van der Waals surface area contributed by atoms with Gasteiger partial charge in [-0.1, -0.05) is 53.5 Å². The van der Waals surface area contributed by atoms with Gasteiger partial charge in [-0.05, 0) is 48.0 Å². The molecule has 25 heavy (non-hydrogen) atoms. The maximum atomic E-state index is 6.26. The normalized spacial score (nSPS) is 10.8. The third-order valence-corrected chi connectivity index (χ3v) is 4.38. The molecule has 0 N–H and O–H groups in total. The Morgan fingerprint density at radius 3 is 1.92 bits per heavy atom. The van der Waals surface area contributed by atoms with Crippen LogP contribution >= 0.6 is 23.2 Å². The van der Waals surface area contributed by atoms with Gasteiger partial charge in [0, 0.05) is 26.7 Å². The molecule has 3 nitrogen and oxygen atoms in total. The average molecular weight is 367 g/mol. The van der Waals surface area contributed by atoms with Gasteiger partial charge in [-0.3, -0.25) is 0 Å². The first kappa shape index (κ1) is 15.9. The Morgan fingerprint density at radius 1 is 0.640 bits per heavy atom. The summed E-state index contributed by atoms with van der Waals surface area (Å²) in [6.45, 7) is 0. The monoisotopic (exact) mass is 366 g/mol. The number of hydrogen-bond acceptors (Lipinski definition) is 3. The molecule has 0 aliphatic rings. The minimum atomic E-state index is 0.475.